The zero-order chi connectivity index (χ0) is 29.2. The Balaban J connectivity index is 3.87. The highest BCUT2D eigenvalue weighted by atomic mass is 32.2. The van der Waals surface area contributed by atoms with Crippen molar-refractivity contribution >= 4 is 36.6 Å². The summed E-state index contributed by atoms with van der Waals surface area (Å²) in [6.45, 7) is 2.89. The van der Waals surface area contributed by atoms with Crippen molar-refractivity contribution in [2.45, 2.75) is 142 Å². The Morgan fingerprint density at radius 2 is 1.15 bits per heavy atom. The average molecular weight is 597 g/mol. The van der Waals surface area contributed by atoms with E-state index in [1.54, 1.807) is 6.92 Å². The number of thioether (sulfide) groups is 1. The SMILES string of the molecule is CCCCCCCC(=O)O[C@@H](COC(=O)CCCCCCCCCCCCCCSC(C)=O)COP(=O)(O)O. The van der Waals surface area contributed by atoms with Gasteiger partial charge in [-0.2, -0.15) is 0 Å². The summed E-state index contributed by atoms with van der Waals surface area (Å²) in [5, 5.41) is 0.204. The summed E-state index contributed by atoms with van der Waals surface area (Å²) in [6, 6.07) is 0. The fourth-order valence-corrected chi connectivity index (χ4v) is 5.02. The monoisotopic (exact) mass is 596 g/mol. The van der Waals surface area contributed by atoms with Crippen LogP contribution in [0.5, 0.6) is 0 Å². The Kier molecular flexibility index (Phi) is 25.4. The van der Waals surface area contributed by atoms with Crippen molar-refractivity contribution in [3.8, 4) is 0 Å². The quantitative estimate of drug-likeness (QED) is 0.0566. The van der Waals surface area contributed by atoms with Gasteiger partial charge in [-0.1, -0.05) is 109 Å². The predicted molar refractivity (Wildman–Crippen MR) is 155 cm³/mol. The Labute approximate surface area is 240 Å². The van der Waals surface area contributed by atoms with Gasteiger partial charge in [0.2, 0.25) is 0 Å². The van der Waals surface area contributed by atoms with E-state index in [-0.39, 0.29) is 24.6 Å². The van der Waals surface area contributed by atoms with Gasteiger partial charge in [-0.15, -0.1) is 0 Å². The van der Waals surface area contributed by atoms with Gasteiger partial charge in [0.25, 0.3) is 0 Å². The minimum Gasteiger partial charge on any atom is -0.462 e. The molecule has 0 unspecified atom stereocenters. The van der Waals surface area contributed by atoms with Crippen LogP contribution in [-0.2, 0) is 32.9 Å². The molecule has 0 aromatic carbocycles. The van der Waals surface area contributed by atoms with E-state index >= 15 is 0 Å². The van der Waals surface area contributed by atoms with Crippen LogP contribution in [0, 0.1) is 0 Å². The molecule has 0 spiro atoms. The van der Waals surface area contributed by atoms with E-state index in [1.807, 2.05) is 0 Å². The van der Waals surface area contributed by atoms with Crippen LogP contribution in [0.3, 0.4) is 0 Å². The molecule has 0 heterocycles. The lowest BCUT2D eigenvalue weighted by molar-refractivity contribution is -0.161. The summed E-state index contributed by atoms with van der Waals surface area (Å²) >= 11 is 1.42. The number of unbranched alkanes of at least 4 members (excludes halogenated alkanes) is 15. The maximum absolute atomic E-state index is 12.1. The summed E-state index contributed by atoms with van der Waals surface area (Å²) in [4.78, 5) is 52.9. The van der Waals surface area contributed by atoms with Gasteiger partial charge in [-0.05, 0) is 19.3 Å². The van der Waals surface area contributed by atoms with Crippen LogP contribution >= 0.6 is 19.6 Å². The average Bonchev–Trinajstić information content (AvgIpc) is 2.87. The van der Waals surface area contributed by atoms with E-state index in [0.29, 0.717) is 12.8 Å². The largest absolute Gasteiger partial charge is 0.469 e. The minimum absolute atomic E-state index is 0.201. The van der Waals surface area contributed by atoms with Gasteiger partial charge in [0.15, 0.2) is 11.2 Å². The molecule has 0 fully saturated rings. The Bertz CT molecular complexity index is 684. The van der Waals surface area contributed by atoms with Gasteiger partial charge in [-0.3, -0.25) is 18.9 Å². The number of carbonyl (C=O) groups excluding carboxylic acids is 3. The van der Waals surface area contributed by atoms with E-state index in [4.69, 9.17) is 19.3 Å². The highest BCUT2D eigenvalue weighted by molar-refractivity contribution is 8.13. The summed E-state index contributed by atoms with van der Waals surface area (Å²) in [5.74, 6) is 0.0188. The van der Waals surface area contributed by atoms with Crippen LogP contribution in [0.4, 0.5) is 0 Å². The number of esters is 2. The third-order valence-electron chi connectivity index (χ3n) is 6.22. The summed E-state index contributed by atoms with van der Waals surface area (Å²) in [5.41, 5.74) is 0. The van der Waals surface area contributed by atoms with Crippen molar-refractivity contribution in [2.24, 2.45) is 0 Å². The maximum atomic E-state index is 12.1. The standard InChI is InChI=1S/C28H53O9PS/c1-3-4-5-14-18-21-28(31)37-26(24-36-38(32,33)34)23-35-27(30)20-17-15-12-10-8-6-7-9-11-13-16-19-22-39-25(2)29/h26H,3-24H2,1-2H3,(H2,32,33,34)/t26-/m0/s1. The van der Waals surface area contributed by atoms with Crippen molar-refractivity contribution < 1.29 is 42.7 Å². The van der Waals surface area contributed by atoms with Crippen LogP contribution in [0.2, 0.25) is 0 Å². The second kappa shape index (κ2) is 26.0. The van der Waals surface area contributed by atoms with Gasteiger partial charge in [0, 0.05) is 25.5 Å². The molecule has 39 heavy (non-hydrogen) atoms. The molecular formula is C28H53O9PS. The number of hydrogen-bond acceptors (Lipinski definition) is 8. The minimum atomic E-state index is -4.73. The molecule has 0 saturated carbocycles. The summed E-state index contributed by atoms with van der Waals surface area (Å²) in [6.07, 6.45) is 17.9. The zero-order valence-corrected chi connectivity index (χ0v) is 26.0. The highest BCUT2D eigenvalue weighted by Crippen LogP contribution is 2.35. The van der Waals surface area contributed by atoms with E-state index in [9.17, 15) is 18.9 Å². The zero-order valence-electron chi connectivity index (χ0n) is 24.2. The molecule has 0 aliphatic heterocycles. The number of phosphoric acid groups is 1. The second-order valence-corrected chi connectivity index (χ2v) is 12.6. The molecule has 11 heteroatoms. The first-order valence-electron chi connectivity index (χ1n) is 14.8. The first-order chi connectivity index (χ1) is 18.6. The molecule has 2 N–H and O–H groups in total. The van der Waals surface area contributed by atoms with E-state index in [2.05, 4.69) is 11.4 Å². The summed E-state index contributed by atoms with van der Waals surface area (Å²) < 4.78 is 25.9. The normalized spacial score (nSPS) is 12.3. The Hall–Kier alpha value is -0.930. The van der Waals surface area contributed by atoms with Gasteiger partial charge < -0.3 is 19.3 Å². The molecule has 230 valence electrons. The topological polar surface area (TPSA) is 136 Å². The predicted octanol–water partition coefficient (Wildman–Crippen LogP) is 7.26. The number of carbonyl (C=O) groups is 3. The molecule has 0 aromatic heterocycles. The van der Waals surface area contributed by atoms with Crippen LogP contribution in [0.25, 0.3) is 0 Å². The van der Waals surface area contributed by atoms with E-state index in [1.165, 1.54) is 56.7 Å². The molecule has 0 saturated heterocycles. The summed E-state index contributed by atoms with van der Waals surface area (Å²) in [7, 11) is -4.73. The lowest BCUT2D eigenvalue weighted by atomic mass is 10.0. The molecule has 0 bridgehead atoms. The highest BCUT2D eigenvalue weighted by Gasteiger charge is 2.22. The van der Waals surface area contributed by atoms with Crippen LogP contribution in [-0.4, -0.2) is 51.9 Å². The molecule has 0 amide bonds. The van der Waals surface area contributed by atoms with Crippen LogP contribution in [0.15, 0.2) is 0 Å². The number of hydrogen-bond donors (Lipinski definition) is 2. The number of ether oxygens (including phenoxy) is 2. The third-order valence-corrected chi connectivity index (χ3v) is 7.61. The van der Waals surface area contributed by atoms with Crippen molar-refractivity contribution in [2.75, 3.05) is 19.0 Å². The first-order valence-corrected chi connectivity index (χ1v) is 17.3. The van der Waals surface area contributed by atoms with Gasteiger partial charge >= 0.3 is 19.8 Å². The van der Waals surface area contributed by atoms with Gasteiger partial charge in [-0.25, -0.2) is 4.57 Å². The van der Waals surface area contributed by atoms with Crippen molar-refractivity contribution in [1.82, 2.24) is 0 Å². The van der Waals surface area contributed by atoms with Crippen molar-refractivity contribution in [3.05, 3.63) is 0 Å². The lowest BCUT2D eigenvalue weighted by Crippen LogP contribution is -2.29. The first kappa shape index (κ1) is 38.1. The molecule has 0 rings (SSSR count). The molecule has 0 aromatic rings. The van der Waals surface area contributed by atoms with Crippen molar-refractivity contribution in [1.29, 1.82) is 0 Å². The Morgan fingerprint density at radius 1 is 0.692 bits per heavy atom. The molecule has 9 nitrogen and oxygen atoms in total. The second-order valence-electron chi connectivity index (χ2n) is 10.1. The Morgan fingerprint density at radius 3 is 1.64 bits per heavy atom. The fraction of sp³-hybridized carbons (Fsp3) is 0.893. The number of rotatable bonds is 27. The smallest absolute Gasteiger partial charge is 0.462 e. The molecule has 0 radical (unpaired) electrons. The third kappa shape index (κ3) is 29.9. The fourth-order valence-electron chi connectivity index (χ4n) is 4.03. The van der Waals surface area contributed by atoms with Gasteiger partial charge in [0.1, 0.15) is 6.61 Å². The molecule has 0 aliphatic carbocycles. The van der Waals surface area contributed by atoms with Crippen LogP contribution in [0.1, 0.15) is 136 Å². The van der Waals surface area contributed by atoms with Gasteiger partial charge in [0.05, 0.1) is 6.61 Å². The molecule has 1 atom stereocenters. The maximum Gasteiger partial charge on any atom is 0.469 e. The van der Waals surface area contributed by atoms with Crippen LogP contribution < -0.4 is 0 Å². The van der Waals surface area contributed by atoms with E-state index < -0.39 is 32.5 Å². The molecule has 0 aliphatic rings. The van der Waals surface area contributed by atoms with E-state index in [0.717, 1.165) is 57.1 Å². The lowest BCUT2D eigenvalue weighted by Gasteiger charge is -2.18. The number of phosphoric ester groups is 1. The van der Waals surface area contributed by atoms with Crippen molar-refractivity contribution in [3.63, 3.8) is 0 Å². The molecular weight excluding hydrogens is 543 g/mol.